The third-order valence-electron chi connectivity index (χ3n) is 4.67. The number of benzene rings is 2. The van der Waals surface area contributed by atoms with Gasteiger partial charge >= 0.3 is 5.97 Å². The molecule has 0 radical (unpaired) electrons. The van der Waals surface area contributed by atoms with Crippen LogP contribution in [0.1, 0.15) is 13.3 Å². The monoisotopic (exact) mass is 486 g/mol. The van der Waals surface area contributed by atoms with Gasteiger partial charge in [-0.15, -0.1) is 0 Å². The number of nitrogens with one attached hydrogen (secondary N) is 1. The molecular formula is C22H23BrN4O4. The fraction of sp³-hybridized carbons (Fsp3) is 0.273. The number of anilines is 2. The van der Waals surface area contributed by atoms with Crippen LogP contribution < -0.4 is 15.8 Å². The molecule has 1 atom stereocenters. The van der Waals surface area contributed by atoms with Gasteiger partial charge in [0, 0.05) is 36.5 Å². The van der Waals surface area contributed by atoms with E-state index < -0.39 is 18.0 Å². The van der Waals surface area contributed by atoms with Crippen molar-refractivity contribution in [1.29, 1.82) is 0 Å². The second-order valence-electron chi connectivity index (χ2n) is 7.22. The van der Waals surface area contributed by atoms with E-state index in [1.807, 2.05) is 31.1 Å². The molecule has 0 bridgehead atoms. The van der Waals surface area contributed by atoms with Gasteiger partial charge in [-0.05, 0) is 49.4 Å². The van der Waals surface area contributed by atoms with Crippen molar-refractivity contribution in [3.8, 4) is 0 Å². The number of aromatic nitrogens is 2. The van der Waals surface area contributed by atoms with Crippen molar-refractivity contribution in [2.75, 3.05) is 24.3 Å². The first-order valence-electron chi connectivity index (χ1n) is 9.67. The third-order valence-corrected chi connectivity index (χ3v) is 5.16. The summed E-state index contributed by atoms with van der Waals surface area (Å²) in [5.41, 5.74) is 1.95. The first-order chi connectivity index (χ1) is 14.7. The number of ether oxygens (including phenoxy) is 1. The summed E-state index contributed by atoms with van der Waals surface area (Å²) >= 11 is 3.34. The summed E-state index contributed by atoms with van der Waals surface area (Å²) in [7, 11) is 3.85. The Bertz CT molecular complexity index is 1160. The van der Waals surface area contributed by atoms with Gasteiger partial charge in [0.15, 0.2) is 6.10 Å². The normalized spacial score (nSPS) is 11.7. The van der Waals surface area contributed by atoms with E-state index in [1.54, 1.807) is 30.3 Å². The predicted octanol–water partition coefficient (Wildman–Crippen LogP) is 3.19. The predicted molar refractivity (Wildman–Crippen MR) is 123 cm³/mol. The molecule has 0 aliphatic heterocycles. The molecule has 0 aliphatic carbocycles. The Hall–Kier alpha value is -3.20. The van der Waals surface area contributed by atoms with E-state index in [4.69, 9.17) is 4.74 Å². The molecule has 3 rings (SSSR count). The van der Waals surface area contributed by atoms with Gasteiger partial charge in [-0.25, -0.2) is 4.98 Å². The fourth-order valence-corrected chi connectivity index (χ4v) is 3.26. The van der Waals surface area contributed by atoms with Crippen molar-refractivity contribution in [3.05, 3.63) is 63.6 Å². The zero-order valence-electron chi connectivity index (χ0n) is 17.5. The number of aryl methyl sites for hydroxylation is 1. The molecular weight excluding hydrogens is 464 g/mol. The van der Waals surface area contributed by atoms with Crippen LogP contribution in [0.5, 0.6) is 0 Å². The molecule has 9 heteroatoms. The lowest BCUT2D eigenvalue weighted by molar-refractivity contribution is -0.153. The molecule has 0 saturated heterocycles. The maximum Gasteiger partial charge on any atom is 0.308 e. The third kappa shape index (κ3) is 5.69. The van der Waals surface area contributed by atoms with Crippen LogP contribution in [-0.4, -0.2) is 41.6 Å². The zero-order valence-corrected chi connectivity index (χ0v) is 19.0. The minimum Gasteiger partial charge on any atom is -0.452 e. The summed E-state index contributed by atoms with van der Waals surface area (Å²) in [4.78, 5) is 43.2. The highest BCUT2D eigenvalue weighted by molar-refractivity contribution is 9.10. The summed E-state index contributed by atoms with van der Waals surface area (Å²) in [6, 6.07) is 12.5. The molecule has 0 spiro atoms. The lowest BCUT2D eigenvalue weighted by atomic mass is 10.2. The Morgan fingerprint density at radius 2 is 1.90 bits per heavy atom. The lowest BCUT2D eigenvalue weighted by Gasteiger charge is -2.15. The number of carbonyl (C=O) groups excluding carboxylic acids is 2. The maximum atomic E-state index is 12.6. The van der Waals surface area contributed by atoms with E-state index in [1.165, 1.54) is 17.8 Å². The summed E-state index contributed by atoms with van der Waals surface area (Å²) < 4.78 is 7.34. The van der Waals surface area contributed by atoms with Crippen LogP contribution in [0.4, 0.5) is 11.4 Å². The van der Waals surface area contributed by atoms with Crippen molar-refractivity contribution in [2.24, 2.45) is 0 Å². The summed E-state index contributed by atoms with van der Waals surface area (Å²) in [5.74, 6) is -1.01. The molecule has 1 unspecified atom stereocenters. The number of amides is 1. The summed E-state index contributed by atoms with van der Waals surface area (Å²) in [6.45, 7) is 1.61. The molecule has 1 heterocycles. The van der Waals surface area contributed by atoms with E-state index in [9.17, 15) is 14.4 Å². The van der Waals surface area contributed by atoms with E-state index >= 15 is 0 Å². The number of fused-ring (bicyclic) bond motifs is 1. The number of hydrogen-bond donors (Lipinski definition) is 1. The Balaban J connectivity index is 1.55. The van der Waals surface area contributed by atoms with Crippen LogP contribution in [0.2, 0.25) is 0 Å². The minimum absolute atomic E-state index is 0.0593. The van der Waals surface area contributed by atoms with Gasteiger partial charge < -0.3 is 15.0 Å². The highest BCUT2D eigenvalue weighted by Crippen LogP contribution is 2.16. The van der Waals surface area contributed by atoms with Gasteiger partial charge in [-0.2, -0.15) is 0 Å². The molecule has 0 saturated carbocycles. The molecule has 2 aromatic carbocycles. The first kappa shape index (κ1) is 22.5. The summed E-state index contributed by atoms with van der Waals surface area (Å²) in [6.07, 6.45) is 0.374. The Kier molecular flexibility index (Phi) is 7.06. The number of hydrogen-bond acceptors (Lipinski definition) is 6. The van der Waals surface area contributed by atoms with Crippen molar-refractivity contribution < 1.29 is 14.3 Å². The molecule has 162 valence electrons. The van der Waals surface area contributed by atoms with Crippen LogP contribution in [0.25, 0.3) is 10.9 Å². The van der Waals surface area contributed by atoms with Crippen molar-refractivity contribution >= 4 is 50.1 Å². The quantitative estimate of drug-likeness (QED) is 0.515. The highest BCUT2D eigenvalue weighted by Gasteiger charge is 2.18. The molecule has 3 aromatic rings. The Morgan fingerprint density at radius 3 is 2.58 bits per heavy atom. The van der Waals surface area contributed by atoms with Crippen molar-refractivity contribution in [3.63, 3.8) is 0 Å². The molecule has 1 amide bonds. The molecule has 0 aliphatic rings. The standard InChI is InChI=1S/C22H23BrN4O4/c1-14(21(29)25-16-5-7-17(8-6-16)26(2)3)31-20(28)10-11-27-13-24-19-9-4-15(23)12-18(19)22(27)30/h4-9,12-14H,10-11H2,1-3H3,(H,25,29). The largest absolute Gasteiger partial charge is 0.452 e. The van der Waals surface area contributed by atoms with Gasteiger partial charge in [-0.3, -0.25) is 19.0 Å². The molecule has 1 aromatic heterocycles. The minimum atomic E-state index is -0.969. The second kappa shape index (κ2) is 9.74. The number of esters is 1. The van der Waals surface area contributed by atoms with Crippen molar-refractivity contribution in [1.82, 2.24) is 9.55 Å². The molecule has 0 fully saturated rings. The Labute approximate surface area is 188 Å². The average Bonchev–Trinajstić information content (AvgIpc) is 2.74. The van der Waals surface area contributed by atoms with E-state index in [0.29, 0.717) is 16.6 Å². The van der Waals surface area contributed by atoms with E-state index in [2.05, 4.69) is 26.2 Å². The number of rotatable bonds is 7. The van der Waals surface area contributed by atoms with Crippen LogP contribution in [-0.2, 0) is 20.9 Å². The second-order valence-corrected chi connectivity index (χ2v) is 8.13. The number of halogens is 1. The van der Waals surface area contributed by atoms with E-state index in [0.717, 1.165) is 10.2 Å². The van der Waals surface area contributed by atoms with Crippen molar-refractivity contribution in [2.45, 2.75) is 26.0 Å². The van der Waals surface area contributed by atoms with Gasteiger partial charge in [0.1, 0.15) is 0 Å². The maximum absolute atomic E-state index is 12.6. The van der Waals surface area contributed by atoms with Crippen LogP contribution in [0.15, 0.2) is 58.1 Å². The highest BCUT2D eigenvalue weighted by atomic mass is 79.9. The molecule has 31 heavy (non-hydrogen) atoms. The van der Waals surface area contributed by atoms with Crippen LogP contribution in [0.3, 0.4) is 0 Å². The van der Waals surface area contributed by atoms with Gasteiger partial charge in [0.05, 0.1) is 23.7 Å². The number of carbonyl (C=O) groups is 2. The van der Waals surface area contributed by atoms with Crippen LogP contribution >= 0.6 is 15.9 Å². The zero-order chi connectivity index (χ0) is 22.5. The summed E-state index contributed by atoms with van der Waals surface area (Å²) in [5, 5.41) is 3.17. The number of nitrogens with zero attached hydrogens (tertiary/aromatic N) is 3. The van der Waals surface area contributed by atoms with Gasteiger partial charge in [0.2, 0.25) is 0 Å². The molecule has 8 nitrogen and oxygen atoms in total. The van der Waals surface area contributed by atoms with Gasteiger partial charge in [0.25, 0.3) is 11.5 Å². The first-order valence-corrected chi connectivity index (χ1v) is 10.5. The smallest absolute Gasteiger partial charge is 0.308 e. The molecule has 1 N–H and O–H groups in total. The average molecular weight is 487 g/mol. The van der Waals surface area contributed by atoms with E-state index in [-0.39, 0.29) is 18.5 Å². The lowest BCUT2D eigenvalue weighted by Crippen LogP contribution is -2.30. The SMILES string of the molecule is CC(OC(=O)CCn1cnc2ccc(Br)cc2c1=O)C(=O)Nc1ccc(N(C)C)cc1. The fourth-order valence-electron chi connectivity index (χ4n) is 2.90. The Morgan fingerprint density at radius 1 is 1.19 bits per heavy atom. The van der Waals surface area contributed by atoms with Gasteiger partial charge in [-0.1, -0.05) is 15.9 Å². The van der Waals surface area contributed by atoms with Crippen LogP contribution in [0, 0.1) is 0 Å². The topological polar surface area (TPSA) is 93.5 Å².